The van der Waals surface area contributed by atoms with E-state index in [0.29, 0.717) is 13.2 Å². The standard InChI is InChI=1S/C9H20N2O.C8H10O/c1-4-6-7-11(5-2)9(12)8-10-3;1-9-7-8-5-3-2-4-6-8/h10H,4-8H2,1-3H3;2-6H,7H2,1H3. The quantitative estimate of drug-likeness (QED) is 0.801. The van der Waals surface area contributed by atoms with Crippen molar-refractivity contribution < 1.29 is 9.53 Å². The SMILES string of the molecule is CCCCN(CC)C(=O)CNC.COCc1ccccc1. The smallest absolute Gasteiger partial charge is 0.236 e. The van der Waals surface area contributed by atoms with Crippen LogP contribution in [0.5, 0.6) is 0 Å². The number of nitrogens with zero attached hydrogens (tertiary/aromatic N) is 1. The van der Waals surface area contributed by atoms with Gasteiger partial charge in [0.2, 0.25) is 5.91 Å². The average Bonchev–Trinajstić information content (AvgIpc) is 2.50. The zero-order valence-corrected chi connectivity index (χ0v) is 13.9. The third-order valence-electron chi connectivity index (χ3n) is 3.00. The van der Waals surface area contributed by atoms with E-state index in [2.05, 4.69) is 12.2 Å². The number of methoxy groups -OCH3 is 1. The van der Waals surface area contributed by atoms with Crippen molar-refractivity contribution in [3.63, 3.8) is 0 Å². The number of rotatable bonds is 8. The Morgan fingerprint density at radius 1 is 1.24 bits per heavy atom. The third kappa shape index (κ3) is 10.0. The minimum Gasteiger partial charge on any atom is -0.380 e. The van der Waals surface area contributed by atoms with Gasteiger partial charge in [-0.2, -0.15) is 0 Å². The molecule has 1 aromatic carbocycles. The molecule has 120 valence electrons. The number of amides is 1. The highest BCUT2D eigenvalue weighted by molar-refractivity contribution is 5.78. The number of carbonyl (C=O) groups is 1. The molecule has 4 nitrogen and oxygen atoms in total. The van der Waals surface area contributed by atoms with Crippen LogP contribution in [0.15, 0.2) is 30.3 Å². The molecule has 0 aliphatic carbocycles. The second-order valence-corrected chi connectivity index (χ2v) is 4.78. The van der Waals surface area contributed by atoms with E-state index in [4.69, 9.17) is 4.74 Å². The molecule has 21 heavy (non-hydrogen) atoms. The highest BCUT2D eigenvalue weighted by Gasteiger charge is 2.08. The van der Waals surface area contributed by atoms with Gasteiger partial charge in [-0.3, -0.25) is 4.79 Å². The fourth-order valence-electron chi connectivity index (χ4n) is 1.81. The first-order valence-corrected chi connectivity index (χ1v) is 7.64. The zero-order chi connectivity index (χ0) is 15.9. The lowest BCUT2D eigenvalue weighted by Crippen LogP contribution is -2.37. The molecule has 0 saturated heterocycles. The minimum absolute atomic E-state index is 0.202. The van der Waals surface area contributed by atoms with E-state index in [1.807, 2.05) is 42.2 Å². The molecular weight excluding hydrogens is 264 g/mol. The van der Waals surface area contributed by atoms with Crippen LogP contribution in [0.25, 0.3) is 0 Å². The lowest BCUT2D eigenvalue weighted by Gasteiger charge is -2.20. The van der Waals surface area contributed by atoms with Crippen LogP contribution < -0.4 is 5.32 Å². The molecule has 0 saturated carbocycles. The number of likely N-dealkylation sites (N-methyl/N-ethyl adjacent to an activating group) is 2. The molecule has 0 heterocycles. The molecule has 0 radical (unpaired) electrons. The van der Waals surface area contributed by atoms with Gasteiger partial charge in [-0.25, -0.2) is 0 Å². The van der Waals surface area contributed by atoms with Crippen molar-refractivity contribution in [3.8, 4) is 0 Å². The molecule has 0 fully saturated rings. The van der Waals surface area contributed by atoms with Gasteiger partial charge in [0, 0.05) is 20.2 Å². The molecule has 0 aliphatic rings. The van der Waals surface area contributed by atoms with E-state index in [1.54, 1.807) is 14.2 Å². The summed E-state index contributed by atoms with van der Waals surface area (Å²) >= 11 is 0. The predicted molar refractivity (Wildman–Crippen MR) is 88.2 cm³/mol. The predicted octanol–water partition coefficient (Wildman–Crippen LogP) is 2.69. The van der Waals surface area contributed by atoms with Crippen molar-refractivity contribution in [1.29, 1.82) is 0 Å². The summed E-state index contributed by atoms with van der Waals surface area (Å²) in [4.78, 5) is 13.2. The van der Waals surface area contributed by atoms with Gasteiger partial charge in [0.05, 0.1) is 13.2 Å². The van der Waals surface area contributed by atoms with E-state index in [-0.39, 0.29) is 5.91 Å². The fraction of sp³-hybridized carbons (Fsp3) is 0.588. The van der Waals surface area contributed by atoms with E-state index in [0.717, 1.165) is 25.9 Å². The van der Waals surface area contributed by atoms with Crippen LogP contribution >= 0.6 is 0 Å². The highest BCUT2D eigenvalue weighted by Crippen LogP contribution is 1.98. The Hall–Kier alpha value is -1.39. The number of carbonyl (C=O) groups excluding carboxylic acids is 1. The van der Waals surface area contributed by atoms with Gasteiger partial charge in [-0.05, 0) is 26.0 Å². The molecule has 1 rings (SSSR count). The van der Waals surface area contributed by atoms with Crippen LogP contribution in [0.2, 0.25) is 0 Å². The lowest BCUT2D eigenvalue weighted by atomic mass is 10.2. The van der Waals surface area contributed by atoms with E-state index in [9.17, 15) is 4.79 Å². The maximum absolute atomic E-state index is 11.3. The molecule has 1 amide bonds. The number of hydrogen-bond acceptors (Lipinski definition) is 3. The van der Waals surface area contributed by atoms with Crippen molar-refractivity contribution in [2.45, 2.75) is 33.3 Å². The summed E-state index contributed by atoms with van der Waals surface area (Å²) in [7, 11) is 3.50. The molecule has 0 bridgehead atoms. The first kappa shape index (κ1) is 19.6. The summed E-state index contributed by atoms with van der Waals surface area (Å²) in [6.07, 6.45) is 2.24. The molecule has 0 spiro atoms. The Morgan fingerprint density at radius 3 is 2.38 bits per heavy atom. The summed E-state index contributed by atoms with van der Waals surface area (Å²) < 4.78 is 4.93. The first-order valence-electron chi connectivity index (χ1n) is 7.64. The maximum Gasteiger partial charge on any atom is 0.236 e. The number of hydrogen-bond donors (Lipinski definition) is 1. The van der Waals surface area contributed by atoms with Crippen molar-refractivity contribution in [2.75, 3.05) is 33.8 Å². The minimum atomic E-state index is 0.202. The van der Waals surface area contributed by atoms with Gasteiger partial charge in [0.25, 0.3) is 0 Å². The average molecular weight is 294 g/mol. The fourth-order valence-corrected chi connectivity index (χ4v) is 1.81. The Bertz CT molecular complexity index is 355. The lowest BCUT2D eigenvalue weighted by molar-refractivity contribution is -0.130. The van der Waals surface area contributed by atoms with Crippen molar-refractivity contribution >= 4 is 5.91 Å². The van der Waals surface area contributed by atoms with Crippen LogP contribution in [-0.4, -0.2) is 44.6 Å². The van der Waals surface area contributed by atoms with Gasteiger partial charge in [0.1, 0.15) is 0 Å². The molecule has 1 aromatic rings. The molecule has 0 aromatic heterocycles. The van der Waals surface area contributed by atoms with Gasteiger partial charge in [-0.1, -0.05) is 43.7 Å². The highest BCUT2D eigenvalue weighted by atomic mass is 16.5. The summed E-state index contributed by atoms with van der Waals surface area (Å²) in [5, 5.41) is 2.87. The topological polar surface area (TPSA) is 41.6 Å². The molecule has 4 heteroatoms. The van der Waals surface area contributed by atoms with Crippen molar-refractivity contribution in [2.24, 2.45) is 0 Å². The maximum atomic E-state index is 11.3. The van der Waals surface area contributed by atoms with Crippen molar-refractivity contribution in [3.05, 3.63) is 35.9 Å². The molecular formula is C17H30N2O2. The Morgan fingerprint density at radius 2 is 1.90 bits per heavy atom. The first-order chi connectivity index (χ1) is 10.2. The number of unbranched alkanes of at least 4 members (excludes halogenated alkanes) is 1. The number of ether oxygens (including phenoxy) is 1. The molecule has 0 unspecified atom stereocenters. The number of benzene rings is 1. The van der Waals surface area contributed by atoms with Crippen LogP contribution in [0.3, 0.4) is 0 Å². The van der Waals surface area contributed by atoms with Crippen molar-refractivity contribution in [1.82, 2.24) is 10.2 Å². The van der Waals surface area contributed by atoms with Crippen LogP contribution in [-0.2, 0) is 16.1 Å². The van der Waals surface area contributed by atoms with Gasteiger partial charge in [-0.15, -0.1) is 0 Å². The molecule has 0 atom stereocenters. The monoisotopic (exact) mass is 294 g/mol. The second-order valence-electron chi connectivity index (χ2n) is 4.78. The Labute approximate surface area is 129 Å². The largest absolute Gasteiger partial charge is 0.380 e. The van der Waals surface area contributed by atoms with E-state index in [1.165, 1.54) is 5.56 Å². The summed E-state index contributed by atoms with van der Waals surface area (Å²) in [6.45, 7) is 7.03. The molecule has 1 N–H and O–H groups in total. The van der Waals surface area contributed by atoms with Crippen LogP contribution in [0, 0.1) is 0 Å². The second kappa shape index (κ2) is 13.6. The number of nitrogens with one attached hydrogen (secondary N) is 1. The summed E-state index contributed by atoms with van der Waals surface area (Å²) in [5.41, 5.74) is 1.22. The van der Waals surface area contributed by atoms with Gasteiger partial charge in [0.15, 0.2) is 0 Å². The van der Waals surface area contributed by atoms with E-state index < -0.39 is 0 Å². The Kier molecular flexibility index (Phi) is 12.7. The van der Waals surface area contributed by atoms with Crippen LogP contribution in [0.1, 0.15) is 32.3 Å². The molecule has 0 aliphatic heterocycles. The van der Waals surface area contributed by atoms with Gasteiger partial charge >= 0.3 is 0 Å². The normalized spacial score (nSPS) is 9.71. The Balaban J connectivity index is 0.000000394. The third-order valence-corrected chi connectivity index (χ3v) is 3.00. The van der Waals surface area contributed by atoms with Gasteiger partial charge < -0.3 is 15.0 Å². The summed E-state index contributed by atoms with van der Waals surface area (Å²) in [6, 6.07) is 10.1. The van der Waals surface area contributed by atoms with E-state index >= 15 is 0 Å². The zero-order valence-electron chi connectivity index (χ0n) is 13.9. The van der Waals surface area contributed by atoms with Crippen LogP contribution in [0.4, 0.5) is 0 Å². The summed E-state index contributed by atoms with van der Waals surface area (Å²) in [5.74, 6) is 0.202.